The second kappa shape index (κ2) is 7.71. The van der Waals surface area contributed by atoms with Crippen LogP contribution >= 0.6 is 0 Å². The van der Waals surface area contributed by atoms with Gasteiger partial charge < -0.3 is 14.6 Å². The van der Waals surface area contributed by atoms with Crippen molar-refractivity contribution in [2.75, 3.05) is 26.7 Å². The maximum atomic E-state index is 5.36. The van der Waals surface area contributed by atoms with E-state index in [1.807, 2.05) is 6.92 Å². The van der Waals surface area contributed by atoms with Crippen molar-refractivity contribution in [2.24, 2.45) is 5.41 Å². The summed E-state index contributed by atoms with van der Waals surface area (Å²) in [4.78, 5) is 2.40. The second-order valence-electron chi connectivity index (χ2n) is 6.02. The van der Waals surface area contributed by atoms with Crippen LogP contribution in [-0.4, -0.2) is 31.6 Å². The highest BCUT2D eigenvalue weighted by atomic mass is 16.3. The third-order valence-corrected chi connectivity index (χ3v) is 3.89. The summed E-state index contributed by atoms with van der Waals surface area (Å²) in [6.07, 6.45) is 4.17. The molecule has 0 aliphatic heterocycles. The lowest BCUT2D eigenvalue weighted by Crippen LogP contribution is -2.40. The molecule has 1 aromatic heterocycles. The van der Waals surface area contributed by atoms with Gasteiger partial charge in [0.05, 0.1) is 6.26 Å². The molecule has 1 atom stereocenters. The summed E-state index contributed by atoms with van der Waals surface area (Å²) in [5, 5.41) is 3.56. The molecule has 0 bridgehead atoms. The zero-order valence-electron chi connectivity index (χ0n) is 13.3. The van der Waals surface area contributed by atoms with Gasteiger partial charge in [0, 0.05) is 25.2 Å². The predicted molar refractivity (Wildman–Crippen MR) is 81.3 cm³/mol. The van der Waals surface area contributed by atoms with E-state index in [-0.39, 0.29) is 0 Å². The molecule has 1 N–H and O–H groups in total. The van der Waals surface area contributed by atoms with Crippen LogP contribution in [0, 0.1) is 12.3 Å². The number of nitrogens with zero attached hydrogens (tertiary/aromatic N) is 1. The molecule has 0 radical (unpaired) electrons. The van der Waals surface area contributed by atoms with Gasteiger partial charge >= 0.3 is 0 Å². The number of hydrogen-bond donors (Lipinski definition) is 1. The smallest absolute Gasteiger partial charge is 0.105 e. The Labute approximate surface area is 118 Å². The lowest BCUT2D eigenvalue weighted by atomic mass is 9.86. The quantitative estimate of drug-likeness (QED) is 0.694. The molecule has 0 aliphatic rings. The average Bonchev–Trinajstić information content (AvgIpc) is 2.75. The molecule has 0 saturated heterocycles. The van der Waals surface area contributed by atoms with Crippen LogP contribution in [0.1, 0.15) is 44.9 Å². The predicted octanol–water partition coefficient (Wildman–Crippen LogP) is 3.44. The molecule has 3 heteroatoms. The van der Waals surface area contributed by atoms with Crippen LogP contribution in [0.5, 0.6) is 0 Å². The van der Waals surface area contributed by atoms with E-state index in [9.17, 15) is 0 Å². The maximum Gasteiger partial charge on any atom is 0.105 e. The lowest BCUT2D eigenvalue weighted by Gasteiger charge is -2.33. The van der Waals surface area contributed by atoms with E-state index >= 15 is 0 Å². The first kappa shape index (κ1) is 16.3. The SMILES string of the molecule is CCCNCC(C)(CC)CN(C)Cc1ccoc1C. The van der Waals surface area contributed by atoms with Crippen molar-refractivity contribution in [3.63, 3.8) is 0 Å². The molecule has 110 valence electrons. The molecule has 0 fully saturated rings. The molecule has 1 unspecified atom stereocenters. The number of furan rings is 1. The summed E-state index contributed by atoms with van der Waals surface area (Å²) >= 11 is 0. The Bertz CT molecular complexity index is 361. The minimum absolute atomic E-state index is 0.335. The monoisotopic (exact) mass is 266 g/mol. The van der Waals surface area contributed by atoms with Crippen LogP contribution < -0.4 is 5.32 Å². The van der Waals surface area contributed by atoms with E-state index in [2.05, 4.69) is 44.1 Å². The van der Waals surface area contributed by atoms with Crippen molar-refractivity contribution < 1.29 is 4.42 Å². The van der Waals surface area contributed by atoms with Gasteiger partial charge in [-0.05, 0) is 44.8 Å². The average molecular weight is 266 g/mol. The molecule has 3 nitrogen and oxygen atoms in total. The van der Waals surface area contributed by atoms with Crippen molar-refractivity contribution in [1.29, 1.82) is 0 Å². The number of aryl methyl sites for hydroxylation is 1. The Balaban J connectivity index is 2.47. The molecule has 0 spiro atoms. The topological polar surface area (TPSA) is 28.4 Å². The number of rotatable bonds is 9. The first-order valence-electron chi connectivity index (χ1n) is 7.43. The van der Waals surface area contributed by atoms with Gasteiger partial charge in [-0.1, -0.05) is 20.8 Å². The van der Waals surface area contributed by atoms with E-state index < -0.39 is 0 Å². The van der Waals surface area contributed by atoms with Gasteiger partial charge in [0.15, 0.2) is 0 Å². The first-order valence-corrected chi connectivity index (χ1v) is 7.43. The molecule has 0 aliphatic carbocycles. The van der Waals surface area contributed by atoms with Gasteiger partial charge in [-0.15, -0.1) is 0 Å². The molecule has 0 amide bonds. The summed E-state index contributed by atoms with van der Waals surface area (Å²) < 4.78 is 5.36. The Kier molecular flexibility index (Phi) is 6.59. The Morgan fingerprint density at radius 1 is 1.37 bits per heavy atom. The van der Waals surface area contributed by atoms with E-state index in [4.69, 9.17) is 4.42 Å². The van der Waals surface area contributed by atoms with E-state index in [0.29, 0.717) is 5.41 Å². The number of nitrogens with one attached hydrogen (secondary N) is 1. The normalized spacial score (nSPS) is 14.8. The molecule has 19 heavy (non-hydrogen) atoms. The van der Waals surface area contributed by atoms with Gasteiger partial charge in [-0.3, -0.25) is 0 Å². The fourth-order valence-corrected chi connectivity index (χ4v) is 2.43. The highest BCUT2D eigenvalue weighted by Crippen LogP contribution is 2.22. The Hall–Kier alpha value is -0.800. The van der Waals surface area contributed by atoms with Crippen LogP contribution in [-0.2, 0) is 6.54 Å². The molecule has 1 rings (SSSR count). The van der Waals surface area contributed by atoms with E-state index in [1.54, 1.807) is 6.26 Å². The fraction of sp³-hybridized carbons (Fsp3) is 0.750. The molecule has 0 saturated carbocycles. The van der Waals surface area contributed by atoms with Gasteiger partial charge in [0.25, 0.3) is 0 Å². The molecule has 0 aromatic carbocycles. The van der Waals surface area contributed by atoms with Crippen molar-refractivity contribution >= 4 is 0 Å². The maximum absolute atomic E-state index is 5.36. The van der Waals surface area contributed by atoms with Gasteiger partial charge in [-0.2, -0.15) is 0 Å². The van der Waals surface area contributed by atoms with Crippen molar-refractivity contribution in [2.45, 2.75) is 47.1 Å². The summed E-state index contributed by atoms with van der Waals surface area (Å²) in [6.45, 7) is 13.2. The van der Waals surface area contributed by atoms with Crippen molar-refractivity contribution in [3.8, 4) is 0 Å². The van der Waals surface area contributed by atoms with Gasteiger partial charge in [-0.25, -0.2) is 0 Å². The zero-order chi connectivity index (χ0) is 14.3. The summed E-state index contributed by atoms with van der Waals surface area (Å²) in [5.41, 5.74) is 1.63. The molecular weight excluding hydrogens is 236 g/mol. The standard InChI is InChI=1S/C16H30N2O/c1-6-9-17-12-16(4,7-2)13-18(5)11-15-8-10-19-14(15)3/h8,10,17H,6-7,9,11-13H2,1-5H3. The lowest BCUT2D eigenvalue weighted by molar-refractivity contribution is 0.175. The third kappa shape index (κ3) is 5.37. The van der Waals surface area contributed by atoms with E-state index in [0.717, 1.165) is 31.9 Å². The summed E-state index contributed by atoms with van der Waals surface area (Å²) in [5.74, 6) is 1.04. The first-order chi connectivity index (χ1) is 9.00. The second-order valence-corrected chi connectivity index (χ2v) is 6.02. The Morgan fingerprint density at radius 3 is 2.63 bits per heavy atom. The van der Waals surface area contributed by atoms with Crippen molar-refractivity contribution in [3.05, 3.63) is 23.7 Å². The summed E-state index contributed by atoms with van der Waals surface area (Å²) in [6, 6.07) is 2.07. The van der Waals surface area contributed by atoms with Crippen LogP contribution in [0.2, 0.25) is 0 Å². The fourth-order valence-electron chi connectivity index (χ4n) is 2.43. The minimum Gasteiger partial charge on any atom is -0.469 e. The summed E-state index contributed by atoms with van der Waals surface area (Å²) in [7, 11) is 2.19. The minimum atomic E-state index is 0.335. The van der Waals surface area contributed by atoms with Crippen LogP contribution in [0.25, 0.3) is 0 Å². The van der Waals surface area contributed by atoms with Gasteiger partial charge in [0.2, 0.25) is 0 Å². The van der Waals surface area contributed by atoms with Gasteiger partial charge in [0.1, 0.15) is 5.76 Å². The highest BCUT2D eigenvalue weighted by molar-refractivity contribution is 5.15. The Morgan fingerprint density at radius 2 is 2.11 bits per heavy atom. The van der Waals surface area contributed by atoms with Crippen LogP contribution in [0.3, 0.4) is 0 Å². The molecule has 1 heterocycles. The molecular formula is C16H30N2O. The zero-order valence-corrected chi connectivity index (χ0v) is 13.3. The molecule has 1 aromatic rings. The third-order valence-electron chi connectivity index (χ3n) is 3.89. The van der Waals surface area contributed by atoms with E-state index in [1.165, 1.54) is 18.4 Å². The number of hydrogen-bond acceptors (Lipinski definition) is 3. The van der Waals surface area contributed by atoms with Crippen molar-refractivity contribution in [1.82, 2.24) is 10.2 Å². The largest absolute Gasteiger partial charge is 0.469 e. The van der Waals surface area contributed by atoms with Crippen LogP contribution in [0.4, 0.5) is 0 Å². The highest BCUT2D eigenvalue weighted by Gasteiger charge is 2.23. The van der Waals surface area contributed by atoms with Crippen LogP contribution in [0.15, 0.2) is 16.7 Å².